The molecule has 0 aromatic carbocycles. The van der Waals surface area contributed by atoms with E-state index >= 15 is 0 Å². The zero-order valence-corrected chi connectivity index (χ0v) is 10.8. The quantitative estimate of drug-likeness (QED) is 0.826. The van der Waals surface area contributed by atoms with Crippen LogP contribution >= 0.6 is 11.3 Å². The minimum absolute atomic E-state index is 0.180. The van der Waals surface area contributed by atoms with Crippen molar-refractivity contribution in [2.75, 3.05) is 6.61 Å². The van der Waals surface area contributed by atoms with Crippen LogP contribution in [0.4, 0.5) is 0 Å². The largest absolute Gasteiger partial charge is 0.456 e. The molecule has 0 saturated heterocycles. The van der Waals surface area contributed by atoms with Crippen LogP contribution in [0.3, 0.4) is 0 Å². The second kappa shape index (κ2) is 5.46. The maximum Gasteiger partial charge on any atom is 0.348 e. The van der Waals surface area contributed by atoms with Crippen LogP contribution < -0.4 is 0 Å². The Labute approximate surface area is 100 Å². The molecule has 0 bridgehead atoms. The molecule has 0 saturated carbocycles. The van der Waals surface area contributed by atoms with Gasteiger partial charge in [-0.1, -0.05) is 0 Å². The Bertz CT molecular complexity index is 349. The van der Waals surface area contributed by atoms with Gasteiger partial charge in [-0.2, -0.15) is 0 Å². The van der Waals surface area contributed by atoms with Crippen LogP contribution in [0, 0.1) is 0 Å². The van der Waals surface area contributed by atoms with E-state index in [-0.39, 0.29) is 12.6 Å². The van der Waals surface area contributed by atoms with Gasteiger partial charge < -0.3 is 9.84 Å². The molecule has 0 aliphatic carbocycles. The Morgan fingerprint density at radius 2 is 2.12 bits per heavy atom. The molecule has 0 radical (unpaired) electrons. The summed E-state index contributed by atoms with van der Waals surface area (Å²) >= 11 is 1.44. The van der Waals surface area contributed by atoms with Crippen molar-refractivity contribution in [3.05, 3.63) is 21.9 Å². The third kappa shape index (κ3) is 4.33. The maximum atomic E-state index is 11.7. The van der Waals surface area contributed by atoms with E-state index in [0.717, 1.165) is 17.7 Å². The number of thiophene rings is 1. The second-order valence-corrected chi connectivity index (χ2v) is 5.76. The lowest BCUT2D eigenvalue weighted by Crippen LogP contribution is -2.23. The van der Waals surface area contributed by atoms with Gasteiger partial charge in [0.2, 0.25) is 0 Å². The summed E-state index contributed by atoms with van der Waals surface area (Å²) < 4.78 is 5.26. The maximum absolute atomic E-state index is 11.7. The van der Waals surface area contributed by atoms with Gasteiger partial charge in [0.15, 0.2) is 0 Å². The summed E-state index contributed by atoms with van der Waals surface area (Å²) in [5, 5.41) is 8.71. The third-order valence-electron chi connectivity index (χ3n) is 1.84. The van der Waals surface area contributed by atoms with Crippen molar-refractivity contribution < 1.29 is 14.6 Å². The number of hydrogen-bond donors (Lipinski definition) is 1. The molecular weight excluding hydrogens is 224 g/mol. The zero-order valence-electron chi connectivity index (χ0n) is 9.95. The van der Waals surface area contributed by atoms with Gasteiger partial charge in [-0.15, -0.1) is 11.3 Å². The molecule has 1 rings (SSSR count). The third-order valence-corrected chi connectivity index (χ3v) is 2.97. The lowest BCUT2D eigenvalue weighted by atomic mass is 10.2. The van der Waals surface area contributed by atoms with Crippen LogP contribution in [0.1, 0.15) is 41.7 Å². The lowest BCUT2D eigenvalue weighted by molar-refractivity contribution is 0.00752. The van der Waals surface area contributed by atoms with Crippen molar-refractivity contribution in [2.45, 2.75) is 39.2 Å². The van der Waals surface area contributed by atoms with E-state index in [1.165, 1.54) is 11.3 Å². The molecule has 0 aliphatic rings. The summed E-state index contributed by atoms with van der Waals surface area (Å²) in [6, 6.07) is 3.70. The van der Waals surface area contributed by atoms with E-state index in [9.17, 15) is 4.79 Å². The highest BCUT2D eigenvalue weighted by Crippen LogP contribution is 2.21. The highest BCUT2D eigenvalue weighted by Gasteiger charge is 2.19. The molecule has 1 aromatic heterocycles. The molecule has 1 N–H and O–H groups in total. The summed E-state index contributed by atoms with van der Waals surface area (Å²) in [5.41, 5.74) is -0.452. The number of carbonyl (C=O) groups is 1. The van der Waals surface area contributed by atoms with E-state index in [1.807, 2.05) is 26.8 Å². The molecule has 0 aliphatic heterocycles. The Balaban J connectivity index is 2.60. The summed E-state index contributed by atoms with van der Waals surface area (Å²) in [7, 11) is 0. The molecular formula is C12H18O3S. The summed E-state index contributed by atoms with van der Waals surface area (Å²) in [6.07, 6.45) is 1.54. The average Bonchev–Trinajstić information content (AvgIpc) is 2.60. The predicted octanol–water partition coefficient (Wildman–Crippen LogP) is 2.63. The molecule has 16 heavy (non-hydrogen) atoms. The van der Waals surface area contributed by atoms with Gasteiger partial charge >= 0.3 is 5.97 Å². The molecule has 0 atom stereocenters. The predicted molar refractivity (Wildman–Crippen MR) is 64.9 cm³/mol. The number of rotatable bonds is 4. The van der Waals surface area contributed by atoms with Gasteiger partial charge in [0.05, 0.1) is 0 Å². The van der Waals surface area contributed by atoms with Crippen LogP contribution in [-0.4, -0.2) is 23.3 Å². The first-order valence-corrected chi connectivity index (χ1v) is 6.17. The first kappa shape index (κ1) is 13.2. The van der Waals surface area contributed by atoms with Crippen molar-refractivity contribution in [2.24, 2.45) is 0 Å². The Hall–Kier alpha value is -0.870. The van der Waals surface area contributed by atoms with E-state index in [1.54, 1.807) is 6.07 Å². The van der Waals surface area contributed by atoms with Gasteiger partial charge in [-0.25, -0.2) is 4.79 Å². The number of esters is 1. The van der Waals surface area contributed by atoms with Crippen LogP contribution in [-0.2, 0) is 11.2 Å². The SMILES string of the molecule is CC(C)(C)OC(=O)c1ccc(CCCO)s1. The van der Waals surface area contributed by atoms with E-state index in [4.69, 9.17) is 9.84 Å². The van der Waals surface area contributed by atoms with Crippen LogP contribution in [0.15, 0.2) is 12.1 Å². The van der Waals surface area contributed by atoms with Crippen LogP contribution in [0.25, 0.3) is 0 Å². The fourth-order valence-corrected chi connectivity index (χ4v) is 2.13. The number of aliphatic hydroxyl groups is 1. The van der Waals surface area contributed by atoms with Crippen LogP contribution in [0.2, 0.25) is 0 Å². The fraction of sp³-hybridized carbons (Fsp3) is 0.583. The van der Waals surface area contributed by atoms with Gasteiger partial charge in [0.25, 0.3) is 0 Å². The van der Waals surface area contributed by atoms with Gasteiger partial charge in [-0.3, -0.25) is 0 Å². The average molecular weight is 242 g/mol. The van der Waals surface area contributed by atoms with E-state index in [2.05, 4.69) is 0 Å². The number of aliphatic hydroxyl groups excluding tert-OH is 1. The van der Waals surface area contributed by atoms with Crippen molar-refractivity contribution in [1.82, 2.24) is 0 Å². The molecule has 0 fully saturated rings. The minimum atomic E-state index is -0.452. The van der Waals surface area contributed by atoms with Gasteiger partial charge in [0, 0.05) is 11.5 Å². The standard InChI is InChI=1S/C12H18O3S/c1-12(2,3)15-11(14)10-7-6-9(16-10)5-4-8-13/h6-7,13H,4-5,8H2,1-3H3. The van der Waals surface area contributed by atoms with Crippen molar-refractivity contribution in [1.29, 1.82) is 0 Å². The van der Waals surface area contributed by atoms with E-state index in [0.29, 0.717) is 4.88 Å². The fourth-order valence-electron chi connectivity index (χ4n) is 1.20. The molecule has 1 heterocycles. The molecule has 0 amide bonds. The van der Waals surface area contributed by atoms with Crippen LogP contribution in [0.5, 0.6) is 0 Å². The second-order valence-electron chi connectivity index (χ2n) is 4.60. The van der Waals surface area contributed by atoms with Crippen molar-refractivity contribution in [3.63, 3.8) is 0 Å². The lowest BCUT2D eigenvalue weighted by Gasteiger charge is -2.18. The van der Waals surface area contributed by atoms with Gasteiger partial charge in [-0.05, 0) is 45.7 Å². The van der Waals surface area contributed by atoms with E-state index < -0.39 is 5.60 Å². The summed E-state index contributed by atoms with van der Waals surface area (Å²) in [4.78, 5) is 13.4. The highest BCUT2D eigenvalue weighted by molar-refractivity contribution is 7.13. The topological polar surface area (TPSA) is 46.5 Å². The monoisotopic (exact) mass is 242 g/mol. The number of aryl methyl sites for hydroxylation is 1. The molecule has 4 heteroatoms. The Morgan fingerprint density at radius 3 is 2.69 bits per heavy atom. The molecule has 3 nitrogen and oxygen atoms in total. The summed E-state index contributed by atoms with van der Waals surface area (Å²) in [5.74, 6) is -0.271. The normalized spacial score (nSPS) is 11.5. The molecule has 90 valence electrons. The highest BCUT2D eigenvalue weighted by atomic mass is 32.1. The summed E-state index contributed by atoms with van der Waals surface area (Å²) in [6.45, 7) is 5.74. The molecule has 0 unspecified atom stereocenters. The molecule has 1 aromatic rings. The van der Waals surface area contributed by atoms with Crippen molar-refractivity contribution in [3.8, 4) is 0 Å². The first-order chi connectivity index (χ1) is 7.42. The smallest absolute Gasteiger partial charge is 0.348 e. The first-order valence-electron chi connectivity index (χ1n) is 5.35. The Kier molecular flexibility index (Phi) is 4.50. The van der Waals surface area contributed by atoms with Crippen molar-refractivity contribution >= 4 is 17.3 Å². The number of ether oxygens (including phenoxy) is 1. The Morgan fingerprint density at radius 1 is 1.44 bits per heavy atom. The number of hydrogen-bond acceptors (Lipinski definition) is 4. The number of carbonyl (C=O) groups excluding carboxylic acids is 1. The molecule has 0 spiro atoms. The minimum Gasteiger partial charge on any atom is -0.456 e. The van der Waals surface area contributed by atoms with Gasteiger partial charge in [0.1, 0.15) is 10.5 Å². The zero-order chi connectivity index (χ0) is 12.2.